The number of amides is 4. The number of hydrogen-bond donors (Lipinski definition) is 1. The zero-order chi connectivity index (χ0) is 26.5. The lowest BCUT2D eigenvalue weighted by atomic mass is 10.1. The quantitative estimate of drug-likeness (QED) is 0.447. The minimum absolute atomic E-state index is 0.141. The minimum Gasteiger partial charge on any atom is -0.497 e. The predicted molar refractivity (Wildman–Crippen MR) is 141 cm³/mol. The molecule has 1 N–H and O–H groups in total. The van der Waals surface area contributed by atoms with Crippen LogP contribution < -0.4 is 15.0 Å². The molecular weight excluding hydrogens is 494 g/mol. The molecule has 0 bridgehead atoms. The molecule has 0 aliphatic carbocycles. The first kappa shape index (κ1) is 25.9. The number of nitrogens with one attached hydrogen (secondary N) is 1. The van der Waals surface area contributed by atoms with Gasteiger partial charge in [-0.05, 0) is 66.6 Å². The topological polar surface area (TPSA) is 96.0 Å². The highest BCUT2D eigenvalue weighted by Gasteiger charge is 2.44. The Morgan fingerprint density at radius 1 is 1.05 bits per heavy atom. The van der Waals surface area contributed by atoms with Crippen LogP contribution in [-0.4, -0.2) is 48.2 Å². The molecule has 1 saturated heterocycles. The maximum atomic E-state index is 13.7. The summed E-state index contributed by atoms with van der Waals surface area (Å²) in [5.41, 5.74) is 2.17. The number of methoxy groups -OCH3 is 1. The summed E-state index contributed by atoms with van der Waals surface area (Å²) in [6.45, 7) is 1.60. The number of rotatable bonds is 8. The van der Waals surface area contributed by atoms with Crippen molar-refractivity contribution in [1.82, 2.24) is 4.90 Å². The van der Waals surface area contributed by atoms with Crippen molar-refractivity contribution in [3.8, 4) is 5.75 Å². The van der Waals surface area contributed by atoms with Gasteiger partial charge in [0, 0.05) is 29.7 Å². The Balaban J connectivity index is 1.62. The second kappa shape index (κ2) is 11.3. The van der Waals surface area contributed by atoms with Gasteiger partial charge in [0.25, 0.3) is 11.8 Å². The predicted octanol–water partition coefficient (Wildman–Crippen LogP) is 4.32. The Hall–Kier alpha value is -4.17. The monoisotopic (exact) mass is 519 g/mol. The summed E-state index contributed by atoms with van der Waals surface area (Å²) in [7, 11) is 1.51. The maximum Gasteiger partial charge on any atom is 0.257 e. The lowest BCUT2D eigenvalue weighted by molar-refractivity contribution is -0.122. The van der Waals surface area contributed by atoms with Gasteiger partial charge in [0.05, 0.1) is 19.2 Å². The number of benzene rings is 3. The van der Waals surface area contributed by atoms with Gasteiger partial charge in [-0.2, -0.15) is 0 Å². The summed E-state index contributed by atoms with van der Waals surface area (Å²) in [6.07, 6.45) is 0.303. The molecule has 1 unspecified atom stereocenters. The van der Waals surface area contributed by atoms with Crippen LogP contribution in [0.25, 0.3) is 0 Å². The summed E-state index contributed by atoms with van der Waals surface area (Å²) in [4.78, 5) is 54.0. The van der Waals surface area contributed by atoms with Crippen LogP contribution in [0.1, 0.15) is 29.3 Å². The molecule has 4 rings (SSSR count). The van der Waals surface area contributed by atoms with Gasteiger partial charge >= 0.3 is 0 Å². The second-order valence-corrected chi connectivity index (χ2v) is 9.06. The first-order chi connectivity index (χ1) is 17.8. The number of ether oxygens (including phenoxy) is 1. The standard InChI is InChI=1S/C28H26ClN3O5/c1-18(33)30-22-9-11-23(12-10-22)32-26(34)17-25(28(32)36)31(14-13-19-5-3-7-21(29)15-19)27(35)20-6-4-8-24(16-20)37-2/h3-12,15-16,25H,13-14,17H2,1-2H3,(H,30,33). The van der Waals surface area contributed by atoms with Crippen molar-refractivity contribution < 1.29 is 23.9 Å². The number of halogens is 1. The maximum absolute atomic E-state index is 13.7. The highest BCUT2D eigenvalue weighted by atomic mass is 35.5. The van der Waals surface area contributed by atoms with E-state index in [4.69, 9.17) is 16.3 Å². The van der Waals surface area contributed by atoms with Gasteiger partial charge in [-0.3, -0.25) is 19.2 Å². The number of carbonyl (C=O) groups excluding carboxylic acids is 4. The van der Waals surface area contributed by atoms with Crippen LogP contribution >= 0.6 is 11.6 Å². The van der Waals surface area contributed by atoms with Crippen LogP contribution in [0.5, 0.6) is 5.75 Å². The van der Waals surface area contributed by atoms with Gasteiger partial charge in [-0.15, -0.1) is 0 Å². The summed E-state index contributed by atoms with van der Waals surface area (Å²) in [6, 6.07) is 19.4. The van der Waals surface area contributed by atoms with Gasteiger partial charge in [-0.1, -0.05) is 29.8 Å². The van der Waals surface area contributed by atoms with Crippen molar-refractivity contribution >= 4 is 46.6 Å². The molecule has 1 aliphatic heterocycles. The summed E-state index contributed by atoms with van der Waals surface area (Å²) in [5.74, 6) is -0.995. The molecule has 1 heterocycles. The van der Waals surface area contributed by atoms with Crippen molar-refractivity contribution in [2.75, 3.05) is 23.9 Å². The Kier molecular flexibility index (Phi) is 7.89. The lowest BCUT2D eigenvalue weighted by Gasteiger charge is -2.28. The number of carbonyl (C=O) groups is 4. The molecule has 1 atom stereocenters. The fraction of sp³-hybridized carbons (Fsp3) is 0.214. The minimum atomic E-state index is -0.972. The van der Waals surface area contributed by atoms with Crippen LogP contribution in [0.3, 0.4) is 0 Å². The molecule has 0 saturated carbocycles. The summed E-state index contributed by atoms with van der Waals surface area (Å²) >= 11 is 6.12. The molecule has 3 aromatic rings. The summed E-state index contributed by atoms with van der Waals surface area (Å²) < 4.78 is 5.26. The Labute approximate surface area is 219 Å². The van der Waals surface area contributed by atoms with E-state index in [1.165, 1.54) is 18.9 Å². The van der Waals surface area contributed by atoms with E-state index in [0.717, 1.165) is 10.5 Å². The number of imide groups is 1. The Bertz CT molecular complexity index is 1340. The molecule has 1 fully saturated rings. The third kappa shape index (κ3) is 5.98. The van der Waals surface area contributed by atoms with E-state index in [9.17, 15) is 19.2 Å². The molecule has 190 valence electrons. The molecule has 8 nitrogen and oxygen atoms in total. The van der Waals surface area contributed by atoms with Gasteiger partial charge in [0.15, 0.2) is 0 Å². The molecule has 9 heteroatoms. The second-order valence-electron chi connectivity index (χ2n) is 8.63. The van der Waals surface area contributed by atoms with E-state index in [1.54, 1.807) is 60.7 Å². The molecule has 0 radical (unpaired) electrons. The van der Waals surface area contributed by atoms with E-state index in [2.05, 4.69) is 5.32 Å². The summed E-state index contributed by atoms with van der Waals surface area (Å²) in [5, 5.41) is 3.22. The Morgan fingerprint density at radius 3 is 2.46 bits per heavy atom. The molecule has 4 amide bonds. The highest BCUT2D eigenvalue weighted by molar-refractivity contribution is 6.30. The fourth-order valence-corrected chi connectivity index (χ4v) is 4.50. The molecular formula is C28H26ClN3O5. The van der Waals surface area contributed by atoms with E-state index in [1.807, 2.05) is 12.1 Å². The average molecular weight is 520 g/mol. The fourth-order valence-electron chi connectivity index (χ4n) is 4.29. The van der Waals surface area contributed by atoms with E-state index in [0.29, 0.717) is 34.1 Å². The lowest BCUT2D eigenvalue weighted by Crippen LogP contribution is -2.46. The molecule has 37 heavy (non-hydrogen) atoms. The van der Waals surface area contributed by atoms with E-state index in [-0.39, 0.29) is 24.8 Å². The first-order valence-electron chi connectivity index (χ1n) is 11.7. The number of nitrogens with zero attached hydrogens (tertiary/aromatic N) is 2. The van der Waals surface area contributed by atoms with E-state index < -0.39 is 17.9 Å². The van der Waals surface area contributed by atoms with Gasteiger partial charge in [0.2, 0.25) is 11.8 Å². The molecule has 3 aromatic carbocycles. The van der Waals surface area contributed by atoms with Crippen LogP contribution in [0, 0.1) is 0 Å². The zero-order valence-corrected chi connectivity index (χ0v) is 21.2. The SMILES string of the molecule is COc1cccc(C(=O)N(CCc2cccc(Cl)c2)C2CC(=O)N(c3ccc(NC(C)=O)cc3)C2=O)c1. The van der Waals surface area contributed by atoms with Crippen molar-refractivity contribution in [3.63, 3.8) is 0 Å². The van der Waals surface area contributed by atoms with Crippen LogP contribution in [0.15, 0.2) is 72.8 Å². The molecule has 1 aliphatic rings. The molecule has 0 spiro atoms. The normalized spacial score (nSPS) is 15.0. The third-order valence-electron chi connectivity index (χ3n) is 6.05. The zero-order valence-electron chi connectivity index (χ0n) is 20.4. The number of anilines is 2. The van der Waals surface area contributed by atoms with Crippen LogP contribution in [-0.2, 0) is 20.8 Å². The Morgan fingerprint density at radius 2 is 1.78 bits per heavy atom. The largest absolute Gasteiger partial charge is 0.497 e. The van der Waals surface area contributed by atoms with Crippen LogP contribution in [0.4, 0.5) is 11.4 Å². The van der Waals surface area contributed by atoms with Crippen LogP contribution in [0.2, 0.25) is 5.02 Å². The van der Waals surface area contributed by atoms with Crippen molar-refractivity contribution in [3.05, 3.63) is 88.9 Å². The number of hydrogen-bond acceptors (Lipinski definition) is 5. The van der Waals surface area contributed by atoms with Gasteiger partial charge < -0.3 is 15.0 Å². The third-order valence-corrected chi connectivity index (χ3v) is 6.29. The smallest absolute Gasteiger partial charge is 0.257 e. The average Bonchev–Trinajstić information content (AvgIpc) is 3.17. The van der Waals surface area contributed by atoms with Gasteiger partial charge in [0.1, 0.15) is 11.8 Å². The van der Waals surface area contributed by atoms with Crippen molar-refractivity contribution in [1.29, 1.82) is 0 Å². The van der Waals surface area contributed by atoms with Crippen molar-refractivity contribution in [2.24, 2.45) is 0 Å². The van der Waals surface area contributed by atoms with Gasteiger partial charge in [-0.25, -0.2) is 4.90 Å². The van der Waals surface area contributed by atoms with E-state index >= 15 is 0 Å². The first-order valence-corrected chi connectivity index (χ1v) is 12.1. The van der Waals surface area contributed by atoms with Crippen molar-refractivity contribution in [2.45, 2.75) is 25.8 Å². The molecule has 0 aromatic heterocycles. The highest BCUT2D eigenvalue weighted by Crippen LogP contribution is 2.28.